The molecular weight excluding hydrogens is 275 g/mol. The van der Waals surface area contributed by atoms with Crippen LogP contribution in [0.5, 0.6) is 0 Å². The highest BCUT2D eigenvalue weighted by Crippen LogP contribution is 2.28. The largest absolute Gasteiger partial charge is 0.478 e. The summed E-state index contributed by atoms with van der Waals surface area (Å²) in [5, 5.41) is 17.5. The molecule has 0 saturated carbocycles. The van der Waals surface area contributed by atoms with Gasteiger partial charge in [-0.15, -0.1) is 12.4 Å². The van der Waals surface area contributed by atoms with Crippen LogP contribution in [0.1, 0.15) is 22.0 Å². The van der Waals surface area contributed by atoms with Crippen molar-refractivity contribution in [3.05, 3.63) is 35.4 Å². The summed E-state index contributed by atoms with van der Waals surface area (Å²) in [6, 6.07) is 2.89. The van der Waals surface area contributed by atoms with Gasteiger partial charge in [-0.1, -0.05) is 12.1 Å². The first-order chi connectivity index (χ1) is 7.73. The molecular formula is C10H11ClF3NO3. The molecule has 1 rings (SSSR count). The summed E-state index contributed by atoms with van der Waals surface area (Å²) < 4.78 is 36.5. The van der Waals surface area contributed by atoms with Gasteiger partial charge in [0.1, 0.15) is 0 Å². The smallest absolute Gasteiger partial charge is 0.416 e. The monoisotopic (exact) mass is 285 g/mol. The third-order valence-electron chi connectivity index (χ3n) is 2.22. The fraction of sp³-hybridized carbons (Fsp3) is 0.300. The van der Waals surface area contributed by atoms with E-state index in [1.54, 1.807) is 0 Å². The normalized spacial score (nSPS) is 14.5. The molecule has 0 fully saturated rings. The second-order valence-electron chi connectivity index (χ2n) is 3.44. The molecule has 0 aliphatic rings. The van der Waals surface area contributed by atoms with Crippen LogP contribution in [0.25, 0.3) is 0 Å². The number of carbonyl (C=O) groups is 1. The van der Waals surface area contributed by atoms with E-state index in [9.17, 15) is 18.0 Å². The summed E-state index contributed by atoms with van der Waals surface area (Å²) in [5.74, 6) is -1.19. The van der Waals surface area contributed by atoms with E-state index in [1.165, 1.54) is 0 Å². The van der Waals surface area contributed by atoms with Crippen molar-refractivity contribution < 1.29 is 28.2 Å². The highest BCUT2D eigenvalue weighted by molar-refractivity contribution is 5.87. The first-order valence-corrected chi connectivity index (χ1v) is 4.57. The SMILES string of the molecule is Cl.N[C@@H](c1ccc(C(=O)O)cc1)[C@H](O)C(F)(F)F. The van der Waals surface area contributed by atoms with Crippen LogP contribution in [-0.4, -0.2) is 28.5 Å². The number of carboxylic acid groups (broad SMARTS) is 1. The van der Waals surface area contributed by atoms with Gasteiger partial charge in [-0.25, -0.2) is 4.79 Å². The Morgan fingerprint density at radius 2 is 1.67 bits per heavy atom. The van der Waals surface area contributed by atoms with E-state index in [-0.39, 0.29) is 23.5 Å². The van der Waals surface area contributed by atoms with Crippen molar-refractivity contribution in [1.29, 1.82) is 0 Å². The van der Waals surface area contributed by atoms with Crippen molar-refractivity contribution in [2.75, 3.05) is 0 Å². The molecule has 8 heteroatoms. The van der Waals surface area contributed by atoms with Crippen molar-refractivity contribution in [2.45, 2.75) is 18.3 Å². The summed E-state index contributed by atoms with van der Waals surface area (Å²) in [4.78, 5) is 10.5. The van der Waals surface area contributed by atoms with Crippen LogP contribution in [0, 0.1) is 0 Å². The molecule has 4 N–H and O–H groups in total. The minimum absolute atomic E-state index is 0. The van der Waals surface area contributed by atoms with E-state index in [1.807, 2.05) is 0 Å². The van der Waals surface area contributed by atoms with E-state index in [0.717, 1.165) is 24.3 Å². The molecule has 0 saturated heterocycles. The zero-order valence-electron chi connectivity index (χ0n) is 8.89. The topological polar surface area (TPSA) is 83.6 Å². The minimum atomic E-state index is -4.81. The van der Waals surface area contributed by atoms with Crippen LogP contribution >= 0.6 is 12.4 Å². The molecule has 0 amide bonds. The lowest BCUT2D eigenvalue weighted by atomic mass is 10.0. The predicted molar refractivity (Wildman–Crippen MR) is 59.6 cm³/mol. The molecule has 1 aromatic rings. The van der Waals surface area contributed by atoms with Crippen molar-refractivity contribution in [1.82, 2.24) is 0 Å². The molecule has 1 aromatic carbocycles. The zero-order valence-corrected chi connectivity index (χ0v) is 9.70. The summed E-state index contributed by atoms with van der Waals surface area (Å²) in [6.07, 6.45) is -7.50. The summed E-state index contributed by atoms with van der Waals surface area (Å²) in [5.41, 5.74) is 5.18. The molecule has 0 bridgehead atoms. The summed E-state index contributed by atoms with van der Waals surface area (Å²) >= 11 is 0. The van der Waals surface area contributed by atoms with Gasteiger partial charge in [0.15, 0.2) is 6.10 Å². The van der Waals surface area contributed by atoms with Crippen LogP contribution < -0.4 is 5.73 Å². The zero-order chi connectivity index (χ0) is 13.2. The van der Waals surface area contributed by atoms with Crippen LogP contribution in [0.2, 0.25) is 0 Å². The Bertz CT molecular complexity index is 408. The number of nitrogens with two attached hydrogens (primary N) is 1. The molecule has 2 atom stereocenters. The maximum atomic E-state index is 12.2. The van der Waals surface area contributed by atoms with Gasteiger partial charge < -0.3 is 15.9 Å². The summed E-state index contributed by atoms with van der Waals surface area (Å²) in [6.45, 7) is 0. The number of halogens is 4. The molecule has 0 heterocycles. The highest BCUT2D eigenvalue weighted by Gasteiger charge is 2.42. The lowest BCUT2D eigenvalue weighted by molar-refractivity contribution is -0.210. The van der Waals surface area contributed by atoms with Gasteiger partial charge >= 0.3 is 12.1 Å². The quantitative estimate of drug-likeness (QED) is 0.790. The summed E-state index contributed by atoms with van der Waals surface area (Å²) in [7, 11) is 0. The molecule has 0 aromatic heterocycles. The van der Waals surface area contributed by atoms with Crippen molar-refractivity contribution in [2.24, 2.45) is 5.73 Å². The fourth-order valence-corrected chi connectivity index (χ4v) is 1.23. The molecule has 102 valence electrons. The number of aliphatic hydroxyl groups excluding tert-OH is 1. The van der Waals surface area contributed by atoms with E-state index in [4.69, 9.17) is 15.9 Å². The van der Waals surface area contributed by atoms with Gasteiger partial charge in [-0.05, 0) is 17.7 Å². The number of aliphatic hydroxyl groups is 1. The van der Waals surface area contributed by atoms with Crippen molar-refractivity contribution in [3.8, 4) is 0 Å². The van der Waals surface area contributed by atoms with Crippen molar-refractivity contribution in [3.63, 3.8) is 0 Å². The Hall–Kier alpha value is -1.31. The standard InChI is InChI=1S/C10H10F3NO3.ClH/c11-10(12,13)8(15)7(14)5-1-3-6(4-2-5)9(16)17;/h1-4,7-8,15H,14H2,(H,16,17);1H/t7-,8-;/m0./s1. The van der Waals surface area contributed by atoms with E-state index in [0.29, 0.717) is 0 Å². The molecule has 18 heavy (non-hydrogen) atoms. The molecule has 0 aliphatic carbocycles. The van der Waals surface area contributed by atoms with E-state index < -0.39 is 24.3 Å². The number of benzene rings is 1. The van der Waals surface area contributed by atoms with Gasteiger partial charge in [-0.3, -0.25) is 0 Å². The molecule has 4 nitrogen and oxygen atoms in total. The lowest BCUT2D eigenvalue weighted by Gasteiger charge is -2.21. The predicted octanol–water partition coefficient (Wildman–Crippen LogP) is 1.73. The average Bonchev–Trinajstić information content (AvgIpc) is 2.26. The Kier molecular flexibility index (Phi) is 5.59. The van der Waals surface area contributed by atoms with Crippen LogP contribution in [0.4, 0.5) is 13.2 Å². The second kappa shape index (κ2) is 6.03. The fourth-order valence-electron chi connectivity index (χ4n) is 1.23. The van der Waals surface area contributed by atoms with Gasteiger partial charge in [0.2, 0.25) is 0 Å². The third-order valence-corrected chi connectivity index (χ3v) is 2.22. The third kappa shape index (κ3) is 3.86. The van der Waals surface area contributed by atoms with Gasteiger partial charge in [0.25, 0.3) is 0 Å². The van der Waals surface area contributed by atoms with Crippen molar-refractivity contribution >= 4 is 18.4 Å². The second-order valence-corrected chi connectivity index (χ2v) is 3.44. The molecule has 0 aliphatic heterocycles. The number of alkyl halides is 3. The molecule has 0 unspecified atom stereocenters. The first kappa shape index (κ1) is 16.7. The Labute approximate surface area is 107 Å². The minimum Gasteiger partial charge on any atom is -0.478 e. The molecule has 0 radical (unpaired) electrons. The van der Waals surface area contributed by atoms with Crippen LogP contribution in [-0.2, 0) is 0 Å². The van der Waals surface area contributed by atoms with E-state index >= 15 is 0 Å². The Balaban J connectivity index is 0.00000289. The number of aromatic carboxylic acids is 1. The number of rotatable bonds is 3. The number of hydrogen-bond donors (Lipinski definition) is 3. The molecule has 0 spiro atoms. The lowest BCUT2D eigenvalue weighted by Crippen LogP contribution is -2.38. The van der Waals surface area contributed by atoms with E-state index in [2.05, 4.69) is 0 Å². The van der Waals surface area contributed by atoms with Crippen LogP contribution in [0.15, 0.2) is 24.3 Å². The Morgan fingerprint density at radius 1 is 1.22 bits per heavy atom. The van der Waals surface area contributed by atoms with Gasteiger partial charge in [0.05, 0.1) is 11.6 Å². The first-order valence-electron chi connectivity index (χ1n) is 4.57. The highest BCUT2D eigenvalue weighted by atomic mass is 35.5. The number of carboxylic acids is 1. The van der Waals surface area contributed by atoms with Gasteiger partial charge in [0, 0.05) is 0 Å². The maximum absolute atomic E-state index is 12.2. The van der Waals surface area contributed by atoms with Crippen LogP contribution in [0.3, 0.4) is 0 Å². The maximum Gasteiger partial charge on any atom is 0.416 e. The Morgan fingerprint density at radius 3 is 2.00 bits per heavy atom. The number of hydrogen-bond acceptors (Lipinski definition) is 3. The average molecular weight is 286 g/mol. The van der Waals surface area contributed by atoms with Gasteiger partial charge in [-0.2, -0.15) is 13.2 Å².